The molecule has 0 aliphatic carbocycles. The van der Waals surface area contributed by atoms with Crippen LogP contribution in [0.2, 0.25) is 0 Å². The van der Waals surface area contributed by atoms with Gasteiger partial charge in [0.15, 0.2) is 0 Å². The van der Waals surface area contributed by atoms with Crippen LogP contribution in [0.15, 0.2) is 22.9 Å². The van der Waals surface area contributed by atoms with E-state index in [9.17, 15) is 0 Å². The summed E-state index contributed by atoms with van der Waals surface area (Å²) in [5.41, 5.74) is 0. The van der Waals surface area contributed by atoms with E-state index in [1.165, 1.54) is 0 Å². The molecule has 0 saturated carbocycles. The van der Waals surface area contributed by atoms with Crippen molar-refractivity contribution in [1.29, 1.82) is 0 Å². The number of hydrogen-bond acceptors (Lipinski definition) is 3. The number of carboxylic acid groups (broad SMARTS) is 2. The van der Waals surface area contributed by atoms with Gasteiger partial charge in [0.25, 0.3) is 0 Å². The van der Waals surface area contributed by atoms with Gasteiger partial charge in [0.2, 0.25) is 0 Å². The summed E-state index contributed by atoms with van der Waals surface area (Å²) in [4.78, 5) is 18.2. The third-order valence-corrected chi connectivity index (χ3v) is 1.24. The van der Waals surface area contributed by atoms with E-state index in [1.54, 1.807) is 11.3 Å². The lowest BCUT2D eigenvalue weighted by Gasteiger charge is -1.72. The molecule has 0 fully saturated rings. The molecule has 0 bridgehead atoms. The molecule has 68 valence electrons. The first-order valence-corrected chi connectivity index (χ1v) is 3.52. The number of carbonyl (C=O) groups is 2. The number of hydrogen-bond donors (Lipinski definition) is 2. The molecule has 0 unspecified atom stereocenters. The molecule has 1 aromatic heterocycles. The van der Waals surface area contributed by atoms with Crippen molar-refractivity contribution in [3.63, 3.8) is 0 Å². The van der Waals surface area contributed by atoms with Gasteiger partial charge in [-0.1, -0.05) is 12.1 Å². The maximum Gasteiger partial charge on any atom is 0.414 e. The average molecular weight is 192 g/mol. The second-order valence-corrected chi connectivity index (χ2v) is 2.22. The molecule has 1 rings (SSSR count). The van der Waals surface area contributed by atoms with Crippen molar-refractivity contribution >= 4 is 23.3 Å². The Kier molecular flexibility index (Phi) is 8.48. The third kappa shape index (κ3) is 8.60. The van der Waals surface area contributed by atoms with Gasteiger partial charge < -0.3 is 15.7 Å². The molecule has 0 radical (unpaired) electrons. The van der Waals surface area contributed by atoms with Crippen LogP contribution in [0, 0.1) is 0 Å². The second-order valence-electron chi connectivity index (χ2n) is 1.40. The van der Waals surface area contributed by atoms with Gasteiger partial charge in [-0.15, -0.1) is 0 Å². The average Bonchev–Trinajstić information content (AvgIpc) is 2.41. The zero-order valence-electron chi connectivity index (χ0n) is 5.93. The number of thiophene rings is 1. The Labute approximate surface area is 72.2 Å². The van der Waals surface area contributed by atoms with Crippen molar-refractivity contribution in [2.75, 3.05) is 0 Å². The van der Waals surface area contributed by atoms with Crippen LogP contribution in [0.3, 0.4) is 0 Å². The SMILES string of the molecule is O.O=C(O)C(=O)O.c1ccsc1. The van der Waals surface area contributed by atoms with Crippen molar-refractivity contribution in [2.45, 2.75) is 0 Å². The summed E-state index contributed by atoms with van der Waals surface area (Å²) in [6, 6.07) is 4.04. The van der Waals surface area contributed by atoms with Crippen LogP contribution < -0.4 is 0 Å². The Hall–Kier alpha value is -1.40. The summed E-state index contributed by atoms with van der Waals surface area (Å²) in [5.74, 6) is -3.65. The van der Waals surface area contributed by atoms with E-state index in [1.807, 2.05) is 22.9 Å². The van der Waals surface area contributed by atoms with Crippen molar-refractivity contribution < 1.29 is 25.3 Å². The van der Waals surface area contributed by atoms with Gasteiger partial charge >= 0.3 is 11.9 Å². The molecule has 0 aliphatic rings. The van der Waals surface area contributed by atoms with Crippen LogP contribution in [-0.4, -0.2) is 27.6 Å². The smallest absolute Gasteiger partial charge is 0.414 e. The first-order valence-electron chi connectivity index (χ1n) is 2.58. The van der Waals surface area contributed by atoms with Gasteiger partial charge in [-0.25, -0.2) is 9.59 Å². The highest BCUT2D eigenvalue weighted by molar-refractivity contribution is 7.07. The van der Waals surface area contributed by atoms with Crippen LogP contribution in [0.5, 0.6) is 0 Å². The largest absolute Gasteiger partial charge is 0.473 e. The van der Waals surface area contributed by atoms with Crippen LogP contribution in [-0.2, 0) is 9.59 Å². The van der Waals surface area contributed by atoms with E-state index in [0.717, 1.165) is 0 Å². The lowest BCUT2D eigenvalue weighted by Crippen LogP contribution is -2.09. The Morgan fingerprint density at radius 1 is 1.00 bits per heavy atom. The molecule has 12 heavy (non-hydrogen) atoms. The van der Waals surface area contributed by atoms with Crippen molar-refractivity contribution in [3.8, 4) is 0 Å². The zero-order valence-corrected chi connectivity index (χ0v) is 6.75. The van der Waals surface area contributed by atoms with Gasteiger partial charge in [-0.05, 0) is 10.8 Å². The molecule has 1 aromatic rings. The molecule has 0 aliphatic heterocycles. The maximum absolute atomic E-state index is 9.10. The Bertz CT molecular complexity index is 189. The van der Waals surface area contributed by atoms with Crippen LogP contribution in [0.4, 0.5) is 0 Å². The minimum Gasteiger partial charge on any atom is -0.473 e. The van der Waals surface area contributed by atoms with Crippen molar-refractivity contribution in [1.82, 2.24) is 0 Å². The summed E-state index contributed by atoms with van der Waals surface area (Å²) in [5, 5.41) is 18.9. The van der Waals surface area contributed by atoms with Gasteiger partial charge in [0.05, 0.1) is 0 Å². The summed E-state index contributed by atoms with van der Waals surface area (Å²) >= 11 is 1.71. The standard InChI is InChI=1S/C4H4S.C2H2O4.H2O/c1-2-4-5-3-1;3-1(4)2(5)6;/h1-4H;(H,3,4)(H,5,6);1H2. The minimum absolute atomic E-state index is 0. The highest BCUT2D eigenvalue weighted by Gasteiger charge is 2.04. The summed E-state index contributed by atoms with van der Waals surface area (Å²) in [6.07, 6.45) is 0. The van der Waals surface area contributed by atoms with E-state index in [4.69, 9.17) is 19.8 Å². The van der Waals surface area contributed by atoms with Crippen LogP contribution in [0.1, 0.15) is 0 Å². The quantitative estimate of drug-likeness (QED) is 0.567. The van der Waals surface area contributed by atoms with Gasteiger partial charge in [-0.2, -0.15) is 11.3 Å². The summed E-state index contributed by atoms with van der Waals surface area (Å²) in [7, 11) is 0. The predicted molar refractivity (Wildman–Crippen MR) is 43.2 cm³/mol. The third-order valence-electron chi connectivity index (χ3n) is 0.608. The Balaban J connectivity index is 0. The molecule has 4 N–H and O–H groups in total. The number of carboxylic acids is 2. The van der Waals surface area contributed by atoms with Crippen molar-refractivity contribution in [3.05, 3.63) is 22.9 Å². The molecular formula is C6H8O5S. The van der Waals surface area contributed by atoms with Gasteiger partial charge in [0, 0.05) is 0 Å². The van der Waals surface area contributed by atoms with E-state index in [-0.39, 0.29) is 5.48 Å². The molecule has 6 heteroatoms. The molecule has 1 heterocycles. The molecule has 5 nitrogen and oxygen atoms in total. The van der Waals surface area contributed by atoms with Crippen molar-refractivity contribution in [2.24, 2.45) is 0 Å². The number of aliphatic carboxylic acids is 2. The fourth-order valence-corrected chi connectivity index (χ4v) is 0.680. The van der Waals surface area contributed by atoms with Gasteiger partial charge in [-0.3, -0.25) is 0 Å². The van der Waals surface area contributed by atoms with E-state index < -0.39 is 11.9 Å². The Morgan fingerprint density at radius 2 is 1.33 bits per heavy atom. The normalized spacial score (nSPS) is 7.00. The number of rotatable bonds is 0. The molecular weight excluding hydrogens is 184 g/mol. The zero-order chi connectivity index (χ0) is 8.69. The van der Waals surface area contributed by atoms with E-state index in [0.29, 0.717) is 0 Å². The fourth-order valence-electron chi connectivity index (χ4n) is 0.227. The van der Waals surface area contributed by atoms with E-state index in [2.05, 4.69) is 0 Å². The minimum atomic E-state index is -1.82. The first-order chi connectivity index (χ1) is 5.14. The summed E-state index contributed by atoms with van der Waals surface area (Å²) in [6.45, 7) is 0. The highest BCUT2D eigenvalue weighted by atomic mass is 32.1. The lowest BCUT2D eigenvalue weighted by molar-refractivity contribution is -0.159. The molecule has 0 atom stereocenters. The topological polar surface area (TPSA) is 106 Å². The summed E-state index contributed by atoms with van der Waals surface area (Å²) < 4.78 is 0. The molecule has 0 spiro atoms. The fraction of sp³-hybridized carbons (Fsp3) is 0. The predicted octanol–water partition coefficient (Wildman–Crippen LogP) is 0.0790. The molecule has 0 amide bonds. The molecule has 0 saturated heterocycles. The van der Waals surface area contributed by atoms with E-state index >= 15 is 0 Å². The monoisotopic (exact) mass is 192 g/mol. The van der Waals surface area contributed by atoms with Gasteiger partial charge in [0.1, 0.15) is 0 Å². The van der Waals surface area contributed by atoms with Crippen LogP contribution >= 0.6 is 11.3 Å². The highest BCUT2D eigenvalue weighted by Crippen LogP contribution is 1.91. The maximum atomic E-state index is 9.10. The second kappa shape index (κ2) is 7.70. The Morgan fingerprint density at radius 3 is 1.42 bits per heavy atom. The lowest BCUT2D eigenvalue weighted by atomic mass is 10.7. The first kappa shape index (κ1) is 13.2. The van der Waals surface area contributed by atoms with Crippen LogP contribution in [0.25, 0.3) is 0 Å². The molecule has 0 aromatic carbocycles.